The van der Waals surface area contributed by atoms with E-state index in [0.717, 1.165) is 56.5 Å². The molecule has 1 aliphatic carbocycles. The van der Waals surface area contributed by atoms with Crippen molar-refractivity contribution in [2.75, 3.05) is 46.8 Å². The highest BCUT2D eigenvalue weighted by Crippen LogP contribution is 2.46. The first-order valence-corrected chi connectivity index (χ1v) is 13.1. The van der Waals surface area contributed by atoms with Crippen LogP contribution in [0.15, 0.2) is 42.5 Å². The number of piperidine rings is 1. The zero-order valence-electron chi connectivity index (χ0n) is 21.0. The highest BCUT2D eigenvalue weighted by atomic mass is 35.5. The molecule has 0 radical (unpaired) electrons. The second-order valence-corrected chi connectivity index (χ2v) is 10.5. The number of rotatable bonds is 4. The highest BCUT2D eigenvalue weighted by molar-refractivity contribution is 6.42. The topological polar surface area (TPSA) is 69.7 Å². The molecule has 1 unspecified atom stereocenters. The number of fused-ring (bicyclic) bond motifs is 2. The highest BCUT2D eigenvalue weighted by Gasteiger charge is 2.45. The van der Waals surface area contributed by atoms with Crippen molar-refractivity contribution >= 4 is 41.6 Å². The molecule has 5 rings (SSSR count). The zero-order chi connectivity index (χ0) is 26.1. The number of nitrogens with one attached hydrogen (secondary N) is 1. The van der Waals surface area contributed by atoms with Crippen LogP contribution in [0.2, 0.25) is 10.0 Å². The summed E-state index contributed by atoms with van der Waals surface area (Å²) in [6, 6.07) is 13.8. The first kappa shape index (κ1) is 28.5. The van der Waals surface area contributed by atoms with Gasteiger partial charge in [0.15, 0.2) is 5.78 Å². The van der Waals surface area contributed by atoms with E-state index in [4.69, 9.17) is 23.2 Å². The number of likely N-dealkylation sites (tertiary alicyclic amines) is 2. The van der Waals surface area contributed by atoms with E-state index in [2.05, 4.69) is 34.3 Å². The molecule has 0 bridgehead atoms. The molecule has 194 valence electrons. The number of carbonyl (C=O) groups is 3. The van der Waals surface area contributed by atoms with Crippen LogP contribution in [0, 0.1) is 0 Å². The molecule has 36 heavy (non-hydrogen) atoms. The van der Waals surface area contributed by atoms with Crippen LogP contribution in [0.25, 0.3) is 0 Å². The van der Waals surface area contributed by atoms with Gasteiger partial charge in [0, 0.05) is 35.5 Å². The van der Waals surface area contributed by atoms with E-state index in [9.17, 15) is 14.4 Å². The summed E-state index contributed by atoms with van der Waals surface area (Å²) < 4.78 is 0. The Hall–Kier alpha value is -2.09. The van der Waals surface area contributed by atoms with Gasteiger partial charge in [0.1, 0.15) is 12.6 Å². The molecule has 0 saturated carbocycles. The molecule has 0 amide bonds. The first-order valence-electron chi connectivity index (χ1n) is 12.4. The molecule has 2 heterocycles. The van der Waals surface area contributed by atoms with Gasteiger partial charge in [-0.25, -0.2) is 0 Å². The normalized spacial score (nSPS) is 20.7. The van der Waals surface area contributed by atoms with Gasteiger partial charge < -0.3 is 15.0 Å². The lowest BCUT2D eigenvalue weighted by atomic mass is 9.73. The minimum absolute atomic E-state index is 0.148. The Morgan fingerprint density at radius 1 is 1.06 bits per heavy atom. The van der Waals surface area contributed by atoms with E-state index < -0.39 is 0 Å². The van der Waals surface area contributed by atoms with Gasteiger partial charge in [0.05, 0.1) is 16.6 Å². The number of Topliss-reactive ketones (excluding diaryl/α,β-unsaturated/α-hetero) is 1. The summed E-state index contributed by atoms with van der Waals surface area (Å²) >= 11 is 11.2. The maximum Gasteiger partial charge on any atom is 0.164 e. The van der Waals surface area contributed by atoms with E-state index in [1.165, 1.54) is 31.1 Å². The summed E-state index contributed by atoms with van der Waals surface area (Å²) in [5, 5.41) is 3.52. The number of aldehydes is 2. The van der Waals surface area contributed by atoms with Gasteiger partial charge in [-0.15, -0.1) is 0 Å². The first-order chi connectivity index (χ1) is 17.3. The molecule has 2 aromatic carbocycles. The predicted molar refractivity (Wildman–Crippen MR) is 146 cm³/mol. The number of nitrogens with zero attached hydrogens (tertiary/aromatic N) is 2. The molecule has 2 fully saturated rings. The quantitative estimate of drug-likeness (QED) is 0.584. The van der Waals surface area contributed by atoms with E-state index in [1.54, 1.807) is 19.2 Å². The van der Waals surface area contributed by atoms with Gasteiger partial charge in [-0.3, -0.25) is 14.5 Å². The number of benzene rings is 2. The van der Waals surface area contributed by atoms with Gasteiger partial charge in [-0.2, -0.15) is 0 Å². The molecule has 2 aliphatic heterocycles. The van der Waals surface area contributed by atoms with Gasteiger partial charge in [-0.05, 0) is 70.7 Å². The minimum atomic E-state index is 0.148. The fourth-order valence-corrected chi connectivity index (χ4v) is 5.64. The van der Waals surface area contributed by atoms with Crippen LogP contribution in [0.5, 0.6) is 0 Å². The molecule has 2 saturated heterocycles. The number of likely N-dealkylation sites (N-methyl/N-ethyl adjacent to an activating group) is 2. The molecule has 0 aromatic heterocycles. The van der Waals surface area contributed by atoms with Crippen LogP contribution in [0.1, 0.15) is 52.0 Å². The second kappa shape index (κ2) is 13.5. The molecule has 1 atom stereocenters. The lowest BCUT2D eigenvalue weighted by Gasteiger charge is -2.42. The van der Waals surface area contributed by atoms with Crippen LogP contribution >= 0.6 is 23.2 Å². The van der Waals surface area contributed by atoms with E-state index in [-0.39, 0.29) is 5.41 Å². The number of ketones is 1. The molecule has 3 aliphatic rings. The van der Waals surface area contributed by atoms with Crippen molar-refractivity contribution in [2.24, 2.45) is 0 Å². The average Bonchev–Trinajstić information content (AvgIpc) is 3.44. The van der Waals surface area contributed by atoms with Gasteiger partial charge in [-0.1, -0.05) is 53.5 Å². The maximum atomic E-state index is 12.3. The Balaban J connectivity index is 0.000000201. The monoisotopic (exact) mass is 531 g/mol. The Bertz CT molecular complexity index is 1050. The van der Waals surface area contributed by atoms with Crippen LogP contribution in [-0.4, -0.2) is 81.0 Å². The summed E-state index contributed by atoms with van der Waals surface area (Å²) in [6.45, 7) is 5.20. The molecule has 1 spiro atoms. The summed E-state index contributed by atoms with van der Waals surface area (Å²) in [5.74, 6) is 0.361. The average molecular weight is 533 g/mol. The Morgan fingerprint density at radius 2 is 1.78 bits per heavy atom. The van der Waals surface area contributed by atoms with E-state index in [0.29, 0.717) is 27.9 Å². The molecule has 6 nitrogen and oxygen atoms in total. The summed E-state index contributed by atoms with van der Waals surface area (Å²) in [4.78, 5) is 36.9. The van der Waals surface area contributed by atoms with Crippen LogP contribution < -0.4 is 5.32 Å². The number of hydrogen-bond donors (Lipinski definition) is 1. The Kier molecular flexibility index (Phi) is 10.6. The van der Waals surface area contributed by atoms with Crippen molar-refractivity contribution in [3.05, 3.63) is 69.2 Å². The lowest BCUT2D eigenvalue weighted by molar-refractivity contribution is -0.107. The Labute approximate surface area is 223 Å². The third kappa shape index (κ3) is 7.02. The molecular formula is C28H35Cl2N3O3. The van der Waals surface area contributed by atoms with Crippen molar-refractivity contribution in [1.29, 1.82) is 0 Å². The number of carbonyl (C=O) groups excluding carboxylic acids is 3. The maximum absolute atomic E-state index is 12.3. The molecule has 2 aromatic rings. The van der Waals surface area contributed by atoms with Crippen LogP contribution in [-0.2, 0) is 10.2 Å². The number of hydrogen-bond acceptors (Lipinski definition) is 6. The van der Waals surface area contributed by atoms with Crippen molar-refractivity contribution in [1.82, 2.24) is 15.1 Å². The Morgan fingerprint density at radius 3 is 2.33 bits per heavy atom. The summed E-state index contributed by atoms with van der Waals surface area (Å²) in [7, 11) is 3.95. The van der Waals surface area contributed by atoms with Crippen LogP contribution in [0.4, 0.5) is 0 Å². The van der Waals surface area contributed by atoms with Gasteiger partial charge in [0.25, 0.3) is 0 Å². The van der Waals surface area contributed by atoms with Gasteiger partial charge in [0.2, 0.25) is 0 Å². The van der Waals surface area contributed by atoms with Crippen molar-refractivity contribution < 1.29 is 14.4 Å². The smallest absolute Gasteiger partial charge is 0.164 e. The van der Waals surface area contributed by atoms with Crippen molar-refractivity contribution in [3.63, 3.8) is 0 Å². The van der Waals surface area contributed by atoms with Gasteiger partial charge >= 0.3 is 0 Å². The van der Waals surface area contributed by atoms with E-state index >= 15 is 0 Å². The molecule has 8 heteroatoms. The standard InChI is InChI=1S/C18H24N2O.C7H4Cl2O.C3H7NO/c1-19-9-6-14(13-19)20-10-7-18(8-11-20)12-17(21)15-4-2-3-5-16(15)18;8-6-2-1-5(4-10)3-7(6)9;1-4-2-3-5/h2-5,14H,6-13H2,1H3;1-4H;3-4H,2H2,1H3. The molecule has 1 N–H and O–H groups in total. The second-order valence-electron chi connectivity index (χ2n) is 9.68. The largest absolute Gasteiger partial charge is 0.313 e. The summed E-state index contributed by atoms with van der Waals surface area (Å²) in [6.07, 6.45) is 5.89. The minimum Gasteiger partial charge on any atom is -0.313 e. The lowest BCUT2D eigenvalue weighted by Crippen LogP contribution is -2.47. The fourth-order valence-electron chi connectivity index (χ4n) is 5.33. The fraction of sp³-hybridized carbons (Fsp3) is 0.464. The van der Waals surface area contributed by atoms with Crippen LogP contribution in [0.3, 0.4) is 0 Å². The third-order valence-corrected chi connectivity index (χ3v) is 8.04. The molecular weight excluding hydrogens is 497 g/mol. The van der Waals surface area contributed by atoms with E-state index in [1.807, 2.05) is 12.1 Å². The number of halogens is 2. The summed E-state index contributed by atoms with van der Waals surface area (Å²) in [5.41, 5.74) is 3.01. The third-order valence-electron chi connectivity index (χ3n) is 7.30. The SMILES string of the molecule is CN1CCC(N2CCC3(CC2)CC(=O)c2ccccc23)C1.CNCC=O.O=Cc1ccc(Cl)c(Cl)c1. The van der Waals surface area contributed by atoms with Crippen molar-refractivity contribution in [2.45, 2.75) is 37.1 Å². The van der Waals surface area contributed by atoms with Crippen molar-refractivity contribution in [3.8, 4) is 0 Å². The predicted octanol–water partition coefficient (Wildman–Crippen LogP) is 4.52. The zero-order valence-corrected chi connectivity index (χ0v) is 22.5.